The van der Waals surface area contributed by atoms with E-state index in [9.17, 15) is 4.79 Å². The third-order valence-corrected chi connectivity index (χ3v) is 6.41. The molecule has 0 saturated carbocycles. The van der Waals surface area contributed by atoms with Crippen molar-refractivity contribution in [3.63, 3.8) is 0 Å². The van der Waals surface area contributed by atoms with Crippen molar-refractivity contribution in [2.75, 3.05) is 51.3 Å². The summed E-state index contributed by atoms with van der Waals surface area (Å²) in [6.45, 7) is 5.95. The van der Waals surface area contributed by atoms with Gasteiger partial charge in [0, 0.05) is 57.5 Å². The van der Waals surface area contributed by atoms with Crippen LogP contribution in [0.5, 0.6) is 5.75 Å². The summed E-state index contributed by atoms with van der Waals surface area (Å²) in [6.07, 6.45) is 1.91. The quantitative estimate of drug-likeness (QED) is 0.785. The molecule has 2 fully saturated rings. The van der Waals surface area contributed by atoms with Crippen LogP contribution in [0.4, 0.5) is 10.5 Å². The minimum Gasteiger partial charge on any atom is -0.497 e. The van der Waals surface area contributed by atoms with Crippen LogP contribution in [0.3, 0.4) is 0 Å². The van der Waals surface area contributed by atoms with Gasteiger partial charge >= 0.3 is 6.03 Å². The number of benzene rings is 2. The second-order valence-corrected chi connectivity index (χ2v) is 8.48. The van der Waals surface area contributed by atoms with Gasteiger partial charge in [-0.3, -0.25) is 4.90 Å². The molecule has 4 rings (SSSR count). The zero-order chi connectivity index (χ0) is 22.3. The molecule has 2 aliphatic rings. The van der Waals surface area contributed by atoms with Crippen molar-refractivity contribution in [3.8, 4) is 11.8 Å². The van der Waals surface area contributed by atoms with Gasteiger partial charge in [-0.05, 0) is 54.8 Å². The van der Waals surface area contributed by atoms with Gasteiger partial charge in [0.05, 0.1) is 18.7 Å². The van der Waals surface area contributed by atoms with Gasteiger partial charge < -0.3 is 19.9 Å². The number of nitrogens with one attached hydrogen (secondary N) is 1. The van der Waals surface area contributed by atoms with E-state index in [1.54, 1.807) is 7.11 Å². The molecule has 168 valence electrons. The number of methoxy groups -OCH3 is 1. The Balaban J connectivity index is 1.18. The van der Waals surface area contributed by atoms with Crippen molar-refractivity contribution in [1.29, 1.82) is 5.26 Å². The molecule has 2 heterocycles. The molecule has 2 amide bonds. The number of carbonyl (C=O) groups is 1. The highest BCUT2D eigenvalue weighted by molar-refractivity contribution is 5.74. The van der Waals surface area contributed by atoms with E-state index >= 15 is 0 Å². The van der Waals surface area contributed by atoms with Crippen molar-refractivity contribution >= 4 is 11.7 Å². The number of nitriles is 1. The van der Waals surface area contributed by atoms with Crippen LogP contribution >= 0.6 is 0 Å². The highest BCUT2D eigenvalue weighted by Gasteiger charge is 2.25. The van der Waals surface area contributed by atoms with E-state index in [0.717, 1.165) is 64.4 Å². The number of anilines is 1. The average molecular weight is 434 g/mol. The lowest BCUT2D eigenvalue weighted by molar-refractivity contribution is 0.132. The van der Waals surface area contributed by atoms with Crippen LogP contribution < -0.4 is 15.0 Å². The minimum atomic E-state index is 0.0610. The number of hydrogen-bond donors (Lipinski definition) is 1. The summed E-state index contributed by atoms with van der Waals surface area (Å²) in [5.41, 5.74) is 3.09. The molecule has 1 N–H and O–H groups in total. The summed E-state index contributed by atoms with van der Waals surface area (Å²) in [7, 11) is 1.68. The Morgan fingerprint density at radius 3 is 2.25 bits per heavy atom. The van der Waals surface area contributed by atoms with Gasteiger partial charge in [-0.15, -0.1) is 0 Å². The lowest BCUT2D eigenvalue weighted by Gasteiger charge is -2.37. The maximum atomic E-state index is 12.8. The summed E-state index contributed by atoms with van der Waals surface area (Å²) in [5.74, 6) is 0.868. The lowest BCUT2D eigenvalue weighted by Crippen LogP contribution is -2.54. The molecule has 2 aromatic rings. The first-order chi connectivity index (χ1) is 15.6. The molecule has 0 aromatic heterocycles. The third kappa shape index (κ3) is 5.51. The van der Waals surface area contributed by atoms with E-state index in [2.05, 4.69) is 33.3 Å². The van der Waals surface area contributed by atoms with Gasteiger partial charge in [0.1, 0.15) is 5.75 Å². The van der Waals surface area contributed by atoms with Crippen LogP contribution in [-0.2, 0) is 6.54 Å². The predicted molar refractivity (Wildman–Crippen MR) is 125 cm³/mol. The maximum absolute atomic E-state index is 12.8. The Labute approximate surface area is 190 Å². The van der Waals surface area contributed by atoms with E-state index in [0.29, 0.717) is 5.56 Å². The van der Waals surface area contributed by atoms with E-state index in [1.807, 2.05) is 41.3 Å². The largest absolute Gasteiger partial charge is 0.497 e. The number of carbonyl (C=O) groups excluding carboxylic acids is 1. The first-order valence-electron chi connectivity index (χ1n) is 11.3. The van der Waals surface area contributed by atoms with E-state index < -0.39 is 0 Å². The summed E-state index contributed by atoms with van der Waals surface area (Å²) in [5, 5.41) is 12.2. The molecule has 0 atom stereocenters. The van der Waals surface area contributed by atoms with Gasteiger partial charge in [-0.1, -0.05) is 12.1 Å². The smallest absolute Gasteiger partial charge is 0.317 e. The number of amides is 2. The first kappa shape index (κ1) is 22.0. The number of piperazine rings is 1. The summed E-state index contributed by atoms with van der Waals surface area (Å²) < 4.78 is 5.24. The molecule has 7 heteroatoms. The van der Waals surface area contributed by atoms with Crippen molar-refractivity contribution in [3.05, 3.63) is 59.7 Å². The monoisotopic (exact) mass is 433 g/mol. The van der Waals surface area contributed by atoms with Crippen molar-refractivity contribution in [2.45, 2.75) is 25.4 Å². The van der Waals surface area contributed by atoms with Crippen LogP contribution in [0.15, 0.2) is 48.5 Å². The van der Waals surface area contributed by atoms with Gasteiger partial charge in [-0.2, -0.15) is 5.26 Å². The average Bonchev–Trinajstić information content (AvgIpc) is 2.85. The standard InChI is InChI=1S/C25H31N5O2/c1-32-24-8-6-23(7-9-24)29-12-10-22(11-13-29)27-25(31)30-16-14-28(15-17-30)19-21-4-2-20(18-26)3-5-21/h2-9,22H,10-17,19H2,1H3,(H,27,31). The fourth-order valence-electron chi connectivity index (χ4n) is 4.39. The number of ether oxygens (including phenoxy) is 1. The van der Waals surface area contributed by atoms with Crippen LogP contribution in [0.25, 0.3) is 0 Å². The Bertz CT molecular complexity index is 922. The topological polar surface area (TPSA) is 71.8 Å². The van der Waals surface area contributed by atoms with E-state index in [-0.39, 0.29) is 12.1 Å². The Kier molecular flexibility index (Phi) is 7.13. The van der Waals surface area contributed by atoms with Crippen molar-refractivity contribution in [1.82, 2.24) is 15.1 Å². The van der Waals surface area contributed by atoms with Gasteiger partial charge in [0.2, 0.25) is 0 Å². The fourth-order valence-corrected chi connectivity index (χ4v) is 4.39. The second kappa shape index (κ2) is 10.4. The Morgan fingerprint density at radius 2 is 1.66 bits per heavy atom. The molecule has 0 spiro atoms. The lowest BCUT2D eigenvalue weighted by atomic mass is 10.0. The third-order valence-electron chi connectivity index (χ3n) is 6.41. The van der Waals surface area contributed by atoms with Gasteiger partial charge in [-0.25, -0.2) is 4.79 Å². The van der Waals surface area contributed by atoms with Crippen molar-refractivity contribution in [2.24, 2.45) is 0 Å². The minimum absolute atomic E-state index is 0.0610. The van der Waals surface area contributed by atoms with Crippen LogP contribution in [0, 0.1) is 11.3 Å². The summed E-state index contributed by atoms with van der Waals surface area (Å²) in [6, 6.07) is 18.3. The molecular formula is C25H31N5O2. The Morgan fingerprint density at radius 1 is 1.00 bits per heavy atom. The molecule has 0 aliphatic carbocycles. The maximum Gasteiger partial charge on any atom is 0.317 e. The number of nitrogens with zero attached hydrogens (tertiary/aromatic N) is 4. The highest BCUT2D eigenvalue weighted by Crippen LogP contribution is 2.23. The zero-order valence-corrected chi connectivity index (χ0v) is 18.7. The molecule has 0 bridgehead atoms. The molecule has 2 aromatic carbocycles. The van der Waals surface area contributed by atoms with E-state index in [4.69, 9.17) is 10.00 Å². The first-order valence-corrected chi connectivity index (χ1v) is 11.3. The van der Waals surface area contributed by atoms with E-state index in [1.165, 1.54) is 11.3 Å². The van der Waals surface area contributed by atoms with Crippen LogP contribution in [-0.4, -0.2) is 68.3 Å². The molecule has 0 unspecified atom stereocenters. The Hall–Kier alpha value is -3.24. The van der Waals surface area contributed by atoms with Crippen molar-refractivity contribution < 1.29 is 9.53 Å². The molecule has 7 nitrogen and oxygen atoms in total. The zero-order valence-electron chi connectivity index (χ0n) is 18.7. The van der Waals surface area contributed by atoms with Gasteiger partial charge in [0.15, 0.2) is 0 Å². The molecule has 2 aliphatic heterocycles. The SMILES string of the molecule is COc1ccc(N2CCC(NC(=O)N3CCN(Cc4ccc(C#N)cc4)CC3)CC2)cc1. The summed E-state index contributed by atoms with van der Waals surface area (Å²) >= 11 is 0. The number of hydrogen-bond acceptors (Lipinski definition) is 5. The van der Waals surface area contributed by atoms with Crippen LogP contribution in [0.1, 0.15) is 24.0 Å². The molecule has 2 saturated heterocycles. The highest BCUT2D eigenvalue weighted by atomic mass is 16.5. The molecule has 32 heavy (non-hydrogen) atoms. The van der Waals surface area contributed by atoms with Gasteiger partial charge in [0.25, 0.3) is 0 Å². The second-order valence-electron chi connectivity index (χ2n) is 8.48. The number of piperidine rings is 1. The predicted octanol–water partition coefficient (Wildman–Crippen LogP) is 3.06. The molecular weight excluding hydrogens is 402 g/mol. The number of rotatable bonds is 5. The molecule has 0 radical (unpaired) electrons. The fraction of sp³-hybridized carbons (Fsp3) is 0.440. The normalized spacial score (nSPS) is 17.6. The van der Waals surface area contributed by atoms with Crippen LogP contribution in [0.2, 0.25) is 0 Å². The summed E-state index contributed by atoms with van der Waals surface area (Å²) in [4.78, 5) is 19.4. The number of urea groups is 1.